The number of benzene rings is 1. The van der Waals surface area contributed by atoms with E-state index in [-0.39, 0.29) is 36.2 Å². The minimum atomic E-state index is -0.591. The molecule has 2 rings (SSSR count). The van der Waals surface area contributed by atoms with Gasteiger partial charge < -0.3 is 15.4 Å². The summed E-state index contributed by atoms with van der Waals surface area (Å²) in [6.07, 6.45) is 6.13. The number of nitrogens with zero attached hydrogens (tertiary/aromatic N) is 1. The van der Waals surface area contributed by atoms with Gasteiger partial charge in [-0.3, -0.25) is 24.5 Å². The number of rotatable bonds is 9. The Kier molecular flexibility index (Phi) is 8.57. The summed E-state index contributed by atoms with van der Waals surface area (Å²) >= 11 is 0. The van der Waals surface area contributed by atoms with Crippen LogP contribution in [0.1, 0.15) is 56.9 Å². The van der Waals surface area contributed by atoms with Crippen LogP contribution in [0.5, 0.6) is 0 Å². The summed E-state index contributed by atoms with van der Waals surface area (Å²) in [5.74, 6) is -1.23. The van der Waals surface area contributed by atoms with Crippen molar-refractivity contribution >= 4 is 29.2 Å². The number of ether oxygens (including phenoxy) is 1. The molecule has 29 heavy (non-hydrogen) atoms. The molecule has 1 fully saturated rings. The third-order valence-corrected chi connectivity index (χ3v) is 4.81. The van der Waals surface area contributed by atoms with Crippen molar-refractivity contribution in [3.63, 3.8) is 0 Å². The molecule has 9 nitrogen and oxygen atoms in total. The van der Waals surface area contributed by atoms with Crippen LogP contribution in [-0.4, -0.2) is 35.4 Å². The highest BCUT2D eigenvalue weighted by Crippen LogP contribution is 2.22. The van der Waals surface area contributed by atoms with Gasteiger partial charge in [-0.1, -0.05) is 25.3 Å². The van der Waals surface area contributed by atoms with Gasteiger partial charge in [-0.25, -0.2) is 0 Å². The van der Waals surface area contributed by atoms with Crippen LogP contribution in [0, 0.1) is 17.0 Å². The average Bonchev–Trinajstić information content (AvgIpc) is 2.68. The number of nitro benzene ring substituents is 1. The van der Waals surface area contributed by atoms with Gasteiger partial charge in [0.1, 0.15) is 0 Å². The van der Waals surface area contributed by atoms with Crippen LogP contribution in [0.15, 0.2) is 18.2 Å². The second-order valence-corrected chi connectivity index (χ2v) is 7.22. The molecule has 1 aromatic rings. The first-order chi connectivity index (χ1) is 13.8. The molecule has 0 radical (unpaired) electrons. The minimum Gasteiger partial charge on any atom is -0.456 e. The molecule has 0 saturated heterocycles. The summed E-state index contributed by atoms with van der Waals surface area (Å²) < 4.78 is 4.89. The van der Waals surface area contributed by atoms with Gasteiger partial charge >= 0.3 is 5.97 Å². The van der Waals surface area contributed by atoms with E-state index >= 15 is 0 Å². The van der Waals surface area contributed by atoms with E-state index in [1.165, 1.54) is 24.6 Å². The lowest BCUT2D eigenvalue weighted by Crippen LogP contribution is -2.36. The summed E-state index contributed by atoms with van der Waals surface area (Å²) in [6.45, 7) is 1.11. The first-order valence-electron chi connectivity index (χ1n) is 9.85. The Morgan fingerprint density at radius 1 is 1.14 bits per heavy atom. The number of nitro groups is 1. The van der Waals surface area contributed by atoms with Crippen LogP contribution < -0.4 is 10.6 Å². The Morgan fingerprint density at radius 3 is 2.55 bits per heavy atom. The number of aryl methyl sites for hydroxylation is 1. The van der Waals surface area contributed by atoms with Gasteiger partial charge in [-0.15, -0.1) is 0 Å². The molecule has 0 spiro atoms. The summed E-state index contributed by atoms with van der Waals surface area (Å²) in [5, 5.41) is 16.4. The highest BCUT2D eigenvalue weighted by Gasteiger charge is 2.16. The Labute approximate surface area is 169 Å². The summed E-state index contributed by atoms with van der Waals surface area (Å²) in [6, 6.07) is 4.55. The predicted molar refractivity (Wildman–Crippen MR) is 106 cm³/mol. The van der Waals surface area contributed by atoms with E-state index in [0.717, 1.165) is 25.7 Å². The zero-order chi connectivity index (χ0) is 21.2. The van der Waals surface area contributed by atoms with Crippen LogP contribution >= 0.6 is 0 Å². The fraction of sp³-hybridized carbons (Fsp3) is 0.550. The van der Waals surface area contributed by atoms with E-state index in [1.54, 1.807) is 6.92 Å². The Bertz CT molecular complexity index is 759. The molecule has 9 heteroatoms. The molecule has 0 unspecified atom stereocenters. The molecule has 2 amide bonds. The van der Waals surface area contributed by atoms with Crippen LogP contribution in [-0.2, 0) is 19.1 Å². The molecule has 2 N–H and O–H groups in total. The quantitative estimate of drug-likeness (QED) is 0.369. The zero-order valence-corrected chi connectivity index (χ0v) is 16.6. The maximum atomic E-state index is 11.9. The maximum Gasteiger partial charge on any atom is 0.306 e. The molecule has 1 aliphatic carbocycles. The Balaban J connectivity index is 1.64. The molecule has 1 aromatic carbocycles. The Hall–Kier alpha value is -2.97. The largest absolute Gasteiger partial charge is 0.456 e. The monoisotopic (exact) mass is 405 g/mol. The fourth-order valence-corrected chi connectivity index (χ4v) is 3.24. The first kappa shape index (κ1) is 22.3. The van der Waals surface area contributed by atoms with Gasteiger partial charge in [-0.2, -0.15) is 0 Å². The third-order valence-electron chi connectivity index (χ3n) is 4.81. The van der Waals surface area contributed by atoms with Gasteiger partial charge in [0.25, 0.3) is 11.6 Å². The highest BCUT2D eigenvalue weighted by molar-refractivity contribution is 5.93. The smallest absolute Gasteiger partial charge is 0.306 e. The van der Waals surface area contributed by atoms with E-state index in [4.69, 9.17) is 4.74 Å². The molecule has 0 atom stereocenters. The third kappa shape index (κ3) is 7.89. The summed E-state index contributed by atoms with van der Waals surface area (Å²) in [5.41, 5.74) is 0.626. The average molecular weight is 405 g/mol. The molecule has 0 aromatic heterocycles. The van der Waals surface area contributed by atoms with Gasteiger partial charge in [0.2, 0.25) is 5.91 Å². The number of hydrogen-bond acceptors (Lipinski definition) is 6. The maximum absolute atomic E-state index is 11.9. The number of hydrogen-bond donors (Lipinski definition) is 2. The molecule has 0 bridgehead atoms. The second kappa shape index (κ2) is 11.1. The highest BCUT2D eigenvalue weighted by atomic mass is 16.6. The molecule has 1 aliphatic rings. The second-order valence-electron chi connectivity index (χ2n) is 7.22. The van der Waals surface area contributed by atoms with Crippen molar-refractivity contribution < 1.29 is 24.0 Å². The van der Waals surface area contributed by atoms with Crippen LogP contribution in [0.3, 0.4) is 0 Å². The van der Waals surface area contributed by atoms with Crippen molar-refractivity contribution in [1.29, 1.82) is 0 Å². The lowest BCUT2D eigenvalue weighted by Gasteiger charge is -2.22. The topological polar surface area (TPSA) is 128 Å². The number of nitrogens with one attached hydrogen (secondary N) is 2. The lowest BCUT2D eigenvalue weighted by atomic mass is 9.95. The molecule has 0 aliphatic heterocycles. The van der Waals surface area contributed by atoms with Crippen molar-refractivity contribution in [3.8, 4) is 0 Å². The lowest BCUT2D eigenvalue weighted by molar-refractivity contribution is -0.385. The van der Waals surface area contributed by atoms with Crippen molar-refractivity contribution in [3.05, 3.63) is 33.9 Å². The van der Waals surface area contributed by atoms with Crippen molar-refractivity contribution in [2.24, 2.45) is 0 Å². The number of carbonyl (C=O) groups excluding carboxylic acids is 3. The normalized spacial score (nSPS) is 14.1. The predicted octanol–water partition coefficient (Wildman–Crippen LogP) is 3.00. The van der Waals surface area contributed by atoms with Crippen LogP contribution in [0.4, 0.5) is 11.4 Å². The molecule has 0 heterocycles. The molecule has 1 saturated carbocycles. The van der Waals surface area contributed by atoms with Gasteiger partial charge in [-0.05, 0) is 32.3 Å². The van der Waals surface area contributed by atoms with E-state index in [2.05, 4.69) is 10.6 Å². The standard InChI is InChI=1S/C20H27N3O6/c1-14-10-11-16(12-17(14)23(27)28)22-19(25)13-29-20(26)9-5-8-18(24)21-15-6-3-2-4-7-15/h10-12,15H,2-9,13H2,1H3,(H,21,24)(H,22,25). The van der Waals surface area contributed by atoms with Gasteiger partial charge in [0, 0.05) is 36.2 Å². The van der Waals surface area contributed by atoms with Crippen molar-refractivity contribution in [2.45, 2.75) is 64.3 Å². The molecular weight excluding hydrogens is 378 g/mol. The zero-order valence-electron chi connectivity index (χ0n) is 16.6. The van der Waals surface area contributed by atoms with Crippen LogP contribution in [0.25, 0.3) is 0 Å². The fourth-order valence-electron chi connectivity index (χ4n) is 3.24. The van der Waals surface area contributed by atoms with E-state index in [0.29, 0.717) is 12.0 Å². The summed E-state index contributed by atoms with van der Waals surface area (Å²) in [7, 11) is 0. The van der Waals surface area contributed by atoms with Crippen molar-refractivity contribution in [1.82, 2.24) is 5.32 Å². The minimum absolute atomic E-state index is 0.0430. The van der Waals surface area contributed by atoms with Gasteiger partial charge in [0.05, 0.1) is 4.92 Å². The summed E-state index contributed by atoms with van der Waals surface area (Å²) in [4.78, 5) is 45.9. The van der Waals surface area contributed by atoms with Crippen molar-refractivity contribution in [2.75, 3.05) is 11.9 Å². The van der Waals surface area contributed by atoms with E-state index < -0.39 is 23.4 Å². The number of carbonyl (C=O) groups is 3. The molecular formula is C20H27N3O6. The number of esters is 1. The SMILES string of the molecule is Cc1ccc(NC(=O)COC(=O)CCCC(=O)NC2CCCCC2)cc1[N+](=O)[O-]. The first-order valence-corrected chi connectivity index (χ1v) is 9.85. The number of anilines is 1. The Morgan fingerprint density at radius 2 is 1.86 bits per heavy atom. The van der Waals surface area contributed by atoms with E-state index in [1.807, 2.05) is 0 Å². The number of amides is 2. The van der Waals surface area contributed by atoms with E-state index in [9.17, 15) is 24.5 Å². The van der Waals surface area contributed by atoms with Crippen LogP contribution in [0.2, 0.25) is 0 Å². The van der Waals surface area contributed by atoms with Gasteiger partial charge in [0.15, 0.2) is 6.61 Å². The molecule has 158 valence electrons.